The lowest BCUT2D eigenvalue weighted by atomic mass is 9.95. The van der Waals surface area contributed by atoms with E-state index in [4.69, 9.17) is 9.47 Å². The van der Waals surface area contributed by atoms with E-state index in [9.17, 15) is 4.79 Å². The highest BCUT2D eigenvalue weighted by Crippen LogP contribution is 2.47. The summed E-state index contributed by atoms with van der Waals surface area (Å²) in [5, 5.41) is 0. The average molecular weight is 817 g/mol. The van der Waals surface area contributed by atoms with Gasteiger partial charge in [0.1, 0.15) is 17.8 Å². The van der Waals surface area contributed by atoms with Crippen LogP contribution in [0.1, 0.15) is 140 Å². The molecule has 0 saturated heterocycles. The zero-order valence-corrected chi connectivity index (χ0v) is 36.8. The molecular weight excluding hydrogens is 757 g/mol. The Hall–Kier alpha value is -3.89. The summed E-state index contributed by atoms with van der Waals surface area (Å²) in [6.07, 6.45) is 29.1. The van der Waals surface area contributed by atoms with Crippen molar-refractivity contribution >= 4 is 45.9 Å². The summed E-state index contributed by atoms with van der Waals surface area (Å²) in [5.74, 6) is 8.68. The molecule has 6 heteroatoms. The molecule has 1 aromatic carbocycles. The summed E-state index contributed by atoms with van der Waals surface area (Å²) >= 11 is 5.48. The molecule has 300 valence electrons. The van der Waals surface area contributed by atoms with Crippen LogP contribution in [0.3, 0.4) is 0 Å². The standard InChI is InChI=1S/C51H60O3S3/c1-4-7-10-13-14-15-16-17-20-42-25-26-48(55-42)49-29-30-51(57-49)50-28-27-47(56-50)44-36-45(53-31-18-11-8-5-2)43(35-46(44)54-32-19-12-9-6-3)41-24-23-40(34-41)39-22-21-38(33-39)37-52/h21-30,35-37H,4-16,18-19,31-34H2,1-3H3. The lowest BCUT2D eigenvalue weighted by molar-refractivity contribution is -0.104. The highest BCUT2D eigenvalue weighted by Gasteiger charge is 2.23. The number of rotatable bonds is 24. The van der Waals surface area contributed by atoms with Crippen LogP contribution in [0.25, 0.3) is 35.5 Å². The first-order chi connectivity index (χ1) is 28.1. The van der Waals surface area contributed by atoms with Crippen molar-refractivity contribution in [3.63, 3.8) is 0 Å². The second kappa shape index (κ2) is 22.9. The topological polar surface area (TPSA) is 35.5 Å². The van der Waals surface area contributed by atoms with Crippen LogP contribution in [0, 0.1) is 11.8 Å². The van der Waals surface area contributed by atoms with Gasteiger partial charge < -0.3 is 9.47 Å². The Balaban J connectivity index is 1.21. The zero-order valence-electron chi connectivity index (χ0n) is 34.4. The van der Waals surface area contributed by atoms with Crippen LogP contribution >= 0.6 is 34.0 Å². The molecule has 3 aromatic heterocycles. The number of hydrogen-bond donors (Lipinski definition) is 0. The number of carbonyl (C=O) groups excluding carboxylic acids is 1. The second-order valence-electron chi connectivity index (χ2n) is 15.3. The van der Waals surface area contributed by atoms with E-state index in [-0.39, 0.29) is 0 Å². The van der Waals surface area contributed by atoms with E-state index in [0.29, 0.717) is 19.6 Å². The van der Waals surface area contributed by atoms with Crippen LogP contribution in [0.5, 0.6) is 11.5 Å². The van der Waals surface area contributed by atoms with Gasteiger partial charge in [-0.05, 0) is 96.5 Å². The second-order valence-corrected chi connectivity index (χ2v) is 18.5. The summed E-state index contributed by atoms with van der Waals surface area (Å²) in [6.45, 7) is 8.15. The molecule has 0 radical (unpaired) electrons. The average Bonchev–Trinajstić information content (AvgIpc) is 4.08. The first kappa shape index (κ1) is 42.7. The van der Waals surface area contributed by atoms with Gasteiger partial charge in [0.05, 0.1) is 18.1 Å². The van der Waals surface area contributed by atoms with Gasteiger partial charge in [-0.25, -0.2) is 0 Å². The normalized spacial score (nSPS) is 13.5. The number of ether oxygens (including phenoxy) is 2. The molecule has 0 fully saturated rings. The van der Waals surface area contributed by atoms with Gasteiger partial charge in [0.15, 0.2) is 0 Å². The molecule has 0 unspecified atom stereocenters. The van der Waals surface area contributed by atoms with Crippen molar-refractivity contribution in [2.75, 3.05) is 13.2 Å². The van der Waals surface area contributed by atoms with Crippen molar-refractivity contribution in [2.45, 2.75) is 130 Å². The van der Waals surface area contributed by atoms with Gasteiger partial charge in [-0.1, -0.05) is 128 Å². The predicted molar refractivity (Wildman–Crippen MR) is 248 cm³/mol. The molecule has 0 atom stereocenters. The molecule has 57 heavy (non-hydrogen) atoms. The van der Waals surface area contributed by atoms with Gasteiger partial charge in [-0.3, -0.25) is 4.79 Å². The minimum Gasteiger partial charge on any atom is -0.493 e. The van der Waals surface area contributed by atoms with Gasteiger partial charge in [0, 0.05) is 48.4 Å². The van der Waals surface area contributed by atoms with E-state index in [2.05, 4.69) is 99.4 Å². The molecule has 0 N–H and O–H groups in total. The third-order valence-corrected chi connectivity index (χ3v) is 14.3. The maximum Gasteiger partial charge on any atom is 0.146 e. The minimum atomic E-state index is 0.692. The molecule has 0 spiro atoms. The molecule has 4 aromatic rings. The number of hydrogen-bond acceptors (Lipinski definition) is 6. The van der Waals surface area contributed by atoms with Crippen molar-refractivity contribution in [1.29, 1.82) is 0 Å². The lowest BCUT2D eigenvalue weighted by Crippen LogP contribution is -2.04. The molecular formula is C51H60O3S3. The third-order valence-electron chi connectivity index (χ3n) is 10.7. The first-order valence-electron chi connectivity index (χ1n) is 21.6. The van der Waals surface area contributed by atoms with Gasteiger partial charge in [-0.15, -0.1) is 34.0 Å². The molecule has 0 saturated carbocycles. The number of thiophene rings is 3. The van der Waals surface area contributed by atoms with Crippen molar-refractivity contribution < 1.29 is 14.3 Å². The predicted octanol–water partition coefficient (Wildman–Crippen LogP) is 16.1. The van der Waals surface area contributed by atoms with Crippen LogP contribution in [0.15, 0.2) is 89.6 Å². The third kappa shape index (κ3) is 12.3. The Morgan fingerprint density at radius 1 is 0.544 bits per heavy atom. The summed E-state index contributed by atoms with van der Waals surface area (Å²) in [7, 11) is 0. The van der Waals surface area contributed by atoms with E-state index in [1.807, 2.05) is 28.7 Å². The van der Waals surface area contributed by atoms with E-state index in [0.717, 1.165) is 65.0 Å². The molecule has 2 aliphatic rings. The molecule has 6 rings (SSSR count). The molecule has 3 heterocycles. The Morgan fingerprint density at radius 2 is 1.05 bits per heavy atom. The van der Waals surface area contributed by atoms with E-state index >= 15 is 0 Å². The fourth-order valence-electron chi connectivity index (χ4n) is 7.34. The summed E-state index contributed by atoms with van der Waals surface area (Å²) in [6, 6.07) is 17.9. The molecule has 3 nitrogen and oxygen atoms in total. The van der Waals surface area contributed by atoms with Crippen LogP contribution in [-0.2, 0) is 4.79 Å². The quantitative estimate of drug-likeness (QED) is 0.0401. The number of benzene rings is 1. The van der Waals surface area contributed by atoms with Crippen LogP contribution in [-0.4, -0.2) is 19.5 Å². The Labute approximate surface area is 354 Å². The van der Waals surface area contributed by atoms with Crippen LogP contribution in [0.4, 0.5) is 0 Å². The largest absolute Gasteiger partial charge is 0.493 e. The van der Waals surface area contributed by atoms with Crippen molar-refractivity contribution in [3.05, 3.63) is 100.0 Å². The molecule has 0 amide bonds. The van der Waals surface area contributed by atoms with Crippen LogP contribution < -0.4 is 9.47 Å². The molecule has 0 aliphatic heterocycles. The van der Waals surface area contributed by atoms with Gasteiger partial charge in [0.2, 0.25) is 0 Å². The number of aldehydes is 1. The number of carbonyl (C=O) groups is 1. The minimum absolute atomic E-state index is 0.692. The smallest absolute Gasteiger partial charge is 0.146 e. The zero-order chi connectivity index (χ0) is 39.7. The van der Waals surface area contributed by atoms with Crippen molar-refractivity contribution in [3.8, 4) is 53.3 Å². The van der Waals surface area contributed by atoms with Crippen molar-refractivity contribution in [1.82, 2.24) is 0 Å². The van der Waals surface area contributed by atoms with Crippen molar-refractivity contribution in [2.24, 2.45) is 0 Å². The maximum absolute atomic E-state index is 11.4. The first-order valence-corrected chi connectivity index (χ1v) is 24.0. The maximum atomic E-state index is 11.4. The van der Waals surface area contributed by atoms with Gasteiger partial charge in [-0.2, -0.15) is 0 Å². The van der Waals surface area contributed by atoms with E-state index in [1.54, 1.807) is 11.3 Å². The summed E-state index contributed by atoms with van der Waals surface area (Å²) < 4.78 is 13.4. The number of allylic oxidation sites excluding steroid dienone is 8. The molecule has 0 bridgehead atoms. The Morgan fingerprint density at radius 3 is 1.72 bits per heavy atom. The summed E-state index contributed by atoms with van der Waals surface area (Å²) in [4.78, 5) is 18.9. The summed E-state index contributed by atoms with van der Waals surface area (Å²) in [5.41, 5.74) is 6.77. The lowest BCUT2D eigenvalue weighted by Gasteiger charge is -2.19. The SMILES string of the molecule is CCCCCCCCC#Cc1ccc(-c2ccc(-c3ccc(-c4cc(OCCCCCC)c(C5=CC=C(C6=CC=C(C=O)C6)C5)cc4OCCCCCC)s3)s2)s1. The van der Waals surface area contributed by atoms with Gasteiger partial charge >= 0.3 is 0 Å². The monoisotopic (exact) mass is 816 g/mol. The fourth-order valence-corrected chi connectivity index (χ4v) is 10.4. The molecule has 2 aliphatic carbocycles. The van der Waals surface area contributed by atoms with E-state index in [1.165, 1.54) is 118 Å². The van der Waals surface area contributed by atoms with E-state index < -0.39 is 0 Å². The highest BCUT2D eigenvalue weighted by molar-refractivity contribution is 7.27. The Kier molecular flexibility index (Phi) is 17.2. The fraction of sp³-hybridized carbons (Fsp3) is 0.431. The van der Waals surface area contributed by atoms with Crippen LogP contribution in [0.2, 0.25) is 0 Å². The Bertz CT molecular complexity index is 2100. The highest BCUT2D eigenvalue weighted by atomic mass is 32.1. The van der Waals surface area contributed by atoms with Gasteiger partial charge in [0.25, 0.3) is 0 Å². The number of unbranched alkanes of at least 4 members (excludes halogenated alkanes) is 12.